The van der Waals surface area contributed by atoms with Crippen LogP contribution in [0, 0.1) is 11.7 Å². The number of hydrogen-bond donors (Lipinski definition) is 2. The zero-order valence-electron chi connectivity index (χ0n) is 13.6. The van der Waals surface area contributed by atoms with Gasteiger partial charge < -0.3 is 15.5 Å². The van der Waals surface area contributed by atoms with E-state index in [9.17, 15) is 4.39 Å². The number of benzene rings is 1. The lowest BCUT2D eigenvalue weighted by atomic mass is 10.1. The van der Waals surface area contributed by atoms with Crippen molar-refractivity contribution >= 4 is 5.96 Å². The van der Waals surface area contributed by atoms with E-state index >= 15 is 0 Å². The molecule has 22 heavy (non-hydrogen) atoms. The van der Waals surface area contributed by atoms with Gasteiger partial charge >= 0.3 is 0 Å². The first-order valence-electron chi connectivity index (χ1n) is 8.09. The Balaban J connectivity index is 1.71. The Morgan fingerprint density at radius 2 is 2.00 bits per heavy atom. The highest BCUT2D eigenvalue weighted by Gasteiger charge is 2.14. The van der Waals surface area contributed by atoms with E-state index in [1.165, 1.54) is 32.0 Å². The molecule has 1 atom stereocenters. The van der Waals surface area contributed by atoms with Crippen molar-refractivity contribution < 1.29 is 4.39 Å². The number of guanidine groups is 1. The minimum absolute atomic E-state index is 0.187. The maximum atomic E-state index is 13.6. The number of nitrogens with one attached hydrogen (secondary N) is 2. The summed E-state index contributed by atoms with van der Waals surface area (Å²) in [5.41, 5.74) is 0.649. The minimum atomic E-state index is -0.187. The molecule has 2 N–H and O–H groups in total. The van der Waals surface area contributed by atoms with Crippen molar-refractivity contribution in [1.29, 1.82) is 0 Å². The minimum Gasteiger partial charge on any atom is -0.356 e. The average molecular weight is 306 g/mol. The van der Waals surface area contributed by atoms with E-state index in [-0.39, 0.29) is 5.82 Å². The molecule has 0 saturated carbocycles. The molecule has 1 aromatic carbocycles. The lowest BCUT2D eigenvalue weighted by Gasteiger charge is -2.21. The zero-order valence-corrected chi connectivity index (χ0v) is 13.6. The van der Waals surface area contributed by atoms with Gasteiger partial charge in [0, 0.05) is 32.2 Å². The van der Waals surface area contributed by atoms with Gasteiger partial charge in [0.2, 0.25) is 0 Å². The number of nitrogens with zero attached hydrogens (tertiary/aromatic N) is 2. The summed E-state index contributed by atoms with van der Waals surface area (Å²) < 4.78 is 13.6. The number of hydrogen-bond acceptors (Lipinski definition) is 2. The molecule has 1 heterocycles. The molecular formula is C17H27FN4. The second-order valence-corrected chi connectivity index (χ2v) is 6.01. The fraction of sp³-hybridized carbons (Fsp3) is 0.588. The predicted octanol–water partition coefficient (Wildman–Crippen LogP) is 2.22. The Morgan fingerprint density at radius 1 is 1.27 bits per heavy atom. The van der Waals surface area contributed by atoms with E-state index in [1.54, 1.807) is 19.2 Å². The lowest BCUT2D eigenvalue weighted by molar-refractivity contribution is 0.287. The Hall–Kier alpha value is -1.62. The molecule has 0 aliphatic carbocycles. The summed E-state index contributed by atoms with van der Waals surface area (Å²) in [7, 11) is 1.74. The van der Waals surface area contributed by atoms with Gasteiger partial charge in [-0.05, 0) is 37.9 Å². The second-order valence-electron chi connectivity index (χ2n) is 6.01. The average Bonchev–Trinajstić information content (AvgIpc) is 3.02. The van der Waals surface area contributed by atoms with Crippen LogP contribution < -0.4 is 10.6 Å². The third-order valence-corrected chi connectivity index (χ3v) is 4.01. The van der Waals surface area contributed by atoms with Crippen molar-refractivity contribution in [2.24, 2.45) is 10.9 Å². The molecule has 1 aliphatic heterocycles. The number of halogens is 1. The quantitative estimate of drug-likeness (QED) is 0.625. The third kappa shape index (κ3) is 5.30. The van der Waals surface area contributed by atoms with Crippen molar-refractivity contribution in [3.63, 3.8) is 0 Å². The van der Waals surface area contributed by atoms with Crippen LogP contribution in [-0.2, 0) is 6.54 Å². The van der Waals surface area contributed by atoms with Crippen LogP contribution in [0.2, 0.25) is 0 Å². The summed E-state index contributed by atoms with van der Waals surface area (Å²) in [5.74, 6) is 1.09. The fourth-order valence-corrected chi connectivity index (χ4v) is 2.78. The highest BCUT2D eigenvalue weighted by Crippen LogP contribution is 2.09. The van der Waals surface area contributed by atoms with E-state index in [4.69, 9.17) is 0 Å². The van der Waals surface area contributed by atoms with E-state index in [0.717, 1.165) is 19.0 Å². The van der Waals surface area contributed by atoms with Crippen molar-refractivity contribution in [2.75, 3.05) is 33.2 Å². The summed E-state index contributed by atoms with van der Waals surface area (Å²) in [6, 6.07) is 6.80. The van der Waals surface area contributed by atoms with Gasteiger partial charge in [0.05, 0.1) is 0 Å². The molecule has 0 amide bonds. The molecule has 4 nitrogen and oxygen atoms in total. The predicted molar refractivity (Wildman–Crippen MR) is 89.4 cm³/mol. The SMILES string of the molecule is CN=C(NCc1ccccc1F)NCC(C)CN1CCCC1. The van der Waals surface area contributed by atoms with Crippen LogP contribution in [0.25, 0.3) is 0 Å². The zero-order chi connectivity index (χ0) is 15.8. The van der Waals surface area contributed by atoms with Crippen LogP contribution in [0.15, 0.2) is 29.3 Å². The number of aliphatic imine (C=N–C) groups is 1. The highest BCUT2D eigenvalue weighted by atomic mass is 19.1. The van der Waals surface area contributed by atoms with Crippen molar-refractivity contribution in [2.45, 2.75) is 26.3 Å². The van der Waals surface area contributed by atoms with Gasteiger partial charge in [0.1, 0.15) is 5.82 Å². The normalized spacial score (nSPS) is 17.5. The molecular weight excluding hydrogens is 279 g/mol. The van der Waals surface area contributed by atoms with Crippen molar-refractivity contribution in [3.05, 3.63) is 35.6 Å². The Kier molecular flexibility index (Phi) is 6.65. The molecule has 1 saturated heterocycles. The Labute approximate surface area is 132 Å². The molecule has 5 heteroatoms. The smallest absolute Gasteiger partial charge is 0.191 e. The van der Waals surface area contributed by atoms with Gasteiger partial charge in [-0.3, -0.25) is 4.99 Å². The summed E-state index contributed by atoms with van der Waals surface area (Å²) in [4.78, 5) is 6.71. The van der Waals surface area contributed by atoms with Crippen LogP contribution in [-0.4, -0.2) is 44.1 Å². The highest BCUT2D eigenvalue weighted by molar-refractivity contribution is 5.79. The fourth-order valence-electron chi connectivity index (χ4n) is 2.78. The summed E-state index contributed by atoms with van der Waals surface area (Å²) in [6.45, 7) is 7.13. The van der Waals surface area contributed by atoms with Gasteiger partial charge in [-0.15, -0.1) is 0 Å². The van der Waals surface area contributed by atoms with E-state index < -0.39 is 0 Å². The number of likely N-dealkylation sites (tertiary alicyclic amines) is 1. The number of rotatable bonds is 6. The molecule has 1 aromatic rings. The van der Waals surface area contributed by atoms with Crippen LogP contribution >= 0.6 is 0 Å². The molecule has 122 valence electrons. The van der Waals surface area contributed by atoms with E-state index in [0.29, 0.717) is 18.0 Å². The van der Waals surface area contributed by atoms with Crippen molar-refractivity contribution in [3.8, 4) is 0 Å². The van der Waals surface area contributed by atoms with Crippen molar-refractivity contribution in [1.82, 2.24) is 15.5 Å². The Morgan fingerprint density at radius 3 is 2.68 bits per heavy atom. The summed E-state index contributed by atoms with van der Waals surface area (Å²) in [6.07, 6.45) is 2.65. The summed E-state index contributed by atoms with van der Waals surface area (Å²) in [5, 5.41) is 6.48. The van der Waals surface area contributed by atoms with Crippen LogP contribution in [0.3, 0.4) is 0 Å². The topological polar surface area (TPSA) is 39.7 Å². The van der Waals surface area contributed by atoms with Gasteiger partial charge in [0.15, 0.2) is 5.96 Å². The second kappa shape index (κ2) is 8.73. The molecule has 1 unspecified atom stereocenters. The molecule has 0 radical (unpaired) electrons. The monoisotopic (exact) mass is 306 g/mol. The molecule has 0 bridgehead atoms. The maximum Gasteiger partial charge on any atom is 0.191 e. The van der Waals surface area contributed by atoms with Gasteiger partial charge in [-0.1, -0.05) is 25.1 Å². The van der Waals surface area contributed by atoms with E-state index in [1.807, 2.05) is 6.07 Å². The first kappa shape index (κ1) is 16.7. The molecule has 2 rings (SSSR count). The van der Waals surface area contributed by atoms with E-state index in [2.05, 4.69) is 27.4 Å². The largest absolute Gasteiger partial charge is 0.356 e. The first-order valence-corrected chi connectivity index (χ1v) is 8.09. The molecule has 1 fully saturated rings. The first-order chi connectivity index (χ1) is 10.7. The molecule has 1 aliphatic rings. The molecule has 0 aromatic heterocycles. The van der Waals surface area contributed by atoms with Crippen LogP contribution in [0.4, 0.5) is 4.39 Å². The standard InChI is InChI=1S/C17H27FN4/c1-14(13-22-9-5-6-10-22)11-20-17(19-2)21-12-15-7-3-4-8-16(15)18/h3-4,7-8,14H,5-6,9-13H2,1-2H3,(H2,19,20,21). The van der Waals surface area contributed by atoms with Crippen LogP contribution in [0.5, 0.6) is 0 Å². The summed E-state index contributed by atoms with van der Waals surface area (Å²) >= 11 is 0. The van der Waals surface area contributed by atoms with Gasteiger partial charge in [-0.25, -0.2) is 4.39 Å². The van der Waals surface area contributed by atoms with Gasteiger partial charge in [-0.2, -0.15) is 0 Å². The third-order valence-electron chi connectivity index (χ3n) is 4.01. The Bertz CT molecular complexity index is 483. The molecule has 0 spiro atoms. The lowest BCUT2D eigenvalue weighted by Crippen LogP contribution is -2.41. The maximum absolute atomic E-state index is 13.6. The van der Waals surface area contributed by atoms with Crippen LogP contribution in [0.1, 0.15) is 25.3 Å². The van der Waals surface area contributed by atoms with Gasteiger partial charge in [0.25, 0.3) is 0 Å².